The largest absolute Gasteiger partial charge is 0.387 e. The molecule has 0 heterocycles. The van der Waals surface area contributed by atoms with Crippen LogP contribution in [0.15, 0.2) is 30.3 Å². The van der Waals surface area contributed by atoms with Crippen LogP contribution in [0.2, 0.25) is 0 Å². The predicted octanol–water partition coefficient (Wildman–Crippen LogP) is 4.14. The summed E-state index contributed by atoms with van der Waals surface area (Å²) in [6.07, 6.45) is 1.67. The lowest BCUT2D eigenvalue weighted by atomic mass is 9.61. The van der Waals surface area contributed by atoms with Gasteiger partial charge in [-0.25, -0.2) is 0 Å². The lowest BCUT2D eigenvalue weighted by Gasteiger charge is -2.43. The van der Waals surface area contributed by atoms with Crippen molar-refractivity contribution >= 4 is 5.78 Å². The highest BCUT2D eigenvalue weighted by atomic mass is 16.3. The molecule has 1 aromatic rings. The molecule has 0 bridgehead atoms. The van der Waals surface area contributed by atoms with Crippen molar-refractivity contribution in [2.24, 2.45) is 16.7 Å². The molecule has 2 rings (SSSR count). The number of hydrogen-bond acceptors (Lipinski definition) is 2. The van der Waals surface area contributed by atoms with E-state index in [0.717, 1.165) is 18.4 Å². The van der Waals surface area contributed by atoms with Crippen LogP contribution in [0, 0.1) is 16.7 Å². The van der Waals surface area contributed by atoms with Crippen LogP contribution in [0.3, 0.4) is 0 Å². The summed E-state index contributed by atoms with van der Waals surface area (Å²) in [7, 11) is 0. The van der Waals surface area contributed by atoms with E-state index < -0.39 is 11.5 Å². The molecule has 1 fully saturated rings. The van der Waals surface area contributed by atoms with Crippen molar-refractivity contribution in [3.63, 3.8) is 0 Å². The second kappa shape index (κ2) is 5.33. The van der Waals surface area contributed by atoms with E-state index in [2.05, 4.69) is 20.8 Å². The molecule has 0 amide bonds. The molecule has 0 saturated heterocycles. The van der Waals surface area contributed by atoms with E-state index in [0.29, 0.717) is 12.3 Å². The average Bonchev–Trinajstić information content (AvgIpc) is 2.41. The molecule has 0 spiro atoms. The second-order valence-electron chi connectivity index (χ2n) is 7.46. The number of ketones is 1. The third-order valence-corrected chi connectivity index (χ3v) is 5.02. The van der Waals surface area contributed by atoms with Crippen molar-refractivity contribution in [1.29, 1.82) is 0 Å². The van der Waals surface area contributed by atoms with Gasteiger partial charge in [0.2, 0.25) is 0 Å². The number of carbonyl (C=O) groups is 1. The predicted molar refractivity (Wildman–Crippen MR) is 81.3 cm³/mol. The SMILES string of the molecule is CC(C)(C)[C@H]1CC[C@@](C)([C@@H](O)c2ccccc2)C(=O)C1. The number of carbonyl (C=O) groups excluding carboxylic acids is 1. The standard InChI is InChI=1S/C18H26O2/c1-17(2,3)14-10-11-18(4,15(19)12-14)16(20)13-8-6-5-7-9-13/h5-9,14,16,20H,10-12H2,1-4H3/t14-,16-,18+/m0/s1. The Morgan fingerprint density at radius 3 is 2.35 bits per heavy atom. The number of aliphatic hydroxyl groups is 1. The molecule has 2 heteroatoms. The molecule has 0 aromatic heterocycles. The summed E-state index contributed by atoms with van der Waals surface area (Å²) in [6, 6.07) is 9.55. The van der Waals surface area contributed by atoms with Crippen molar-refractivity contribution in [1.82, 2.24) is 0 Å². The minimum atomic E-state index is -0.697. The van der Waals surface area contributed by atoms with Gasteiger partial charge >= 0.3 is 0 Å². The first kappa shape index (κ1) is 15.2. The molecule has 1 aliphatic rings. The van der Waals surface area contributed by atoms with Gasteiger partial charge in [0.05, 0.1) is 11.5 Å². The third-order valence-electron chi connectivity index (χ3n) is 5.02. The number of aliphatic hydroxyl groups excluding tert-OH is 1. The number of benzene rings is 1. The molecular weight excluding hydrogens is 248 g/mol. The Morgan fingerprint density at radius 2 is 1.85 bits per heavy atom. The Balaban J connectivity index is 2.19. The van der Waals surface area contributed by atoms with E-state index >= 15 is 0 Å². The highest BCUT2D eigenvalue weighted by Gasteiger charge is 2.46. The molecular formula is C18H26O2. The topological polar surface area (TPSA) is 37.3 Å². The maximum atomic E-state index is 12.6. The zero-order chi connectivity index (χ0) is 15.0. The van der Waals surface area contributed by atoms with Gasteiger partial charge in [0.15, 0.2) is 0 Å². The van der Waals surface area contributed by atoms with Crippen molar-refractivity contribution in [2.75, 3.05) is 0 Å². The molecule has 110 valence electrons. The van der Waals surface area contributed by atoms with Crippen LogP contribution in [0.1, 0.15) is 58.6 Å². The Bertz CT molecular complexity index is 472. The van der Waals surface area contributed by atoms with Gasteiger partial charge < -0.3 is 5.11 Å². The minimum absolute atomic E-state index is 0.161. The summed E-state index contributed by atoms with van der Waals surface area (Å²) in [6.45, 7) is 8.51. The Labute approximate surface area is 122 Å². The Morgan fingerprint density at radius 1 is 1.25 bits per heavy atom. The maximum Gasteiger partial charge on any atom is 0.141 e. The van der Waals surface area contributed by atoms with E-state index in [1.807, 2.05) is 37.3 Å². The lowest BCUT2D eigenvalue weighted by Crippen LogP contribution is -2.42. The normalized spacial score (nSPS) is 29.2. The molecule has 1 aliphatic carbocycles. The van der Waals surface area contributed by atoms with Crippen LogP contribution in [0.4, 0.5) is 0 Å². The number of rotatable bonds is 2. The molecule has 3 atom stereocenters. The van der Waals surface area contributed by atoms with E-state index in [1.165, 1.54) is 0 Å². The highest BCUT2D eigenvalue weighted by Crippen LogP contribution is 2.48. The van der Waals surface area contributed by atoms with Crippen molar-refractivity contribution in [2.45, 2.75) is 53.1 Å². The molecule has 1 saturated carbocycles. The van der Waals surface area contributed by atoms with Crippen molar-refractivity contribution < 1.29 is 9.90 Å². The average molecular weight is 274 g/mol. The smallest absolute Gasteiger partial charge is 0.141 e. The Hall–Kier alpha value is -1.15. The molecule has 0 unspecified atom stereocenters. The number of Topliss-reactive ketones (excluding diaryl/α,β-unsaturated/α-hetero) is 1. The summed E-state index contributed by atoms with van der Waals surface area (Å²) >= 11 is 0. The van der Waals surface area contributed by atoms with Crippen LogP contribution in [-0.2, 0) is 4.79 Å². The van der Waals surface area contributed by atoms with Gasteiger partial charge in [-0.2, -0.15) is 0 Å². The van der Waals surface area contributed by atoms with Gasteiger partial charge in [0.1, 0.15) is 5.78 Å². The monoisotopic (exact) mass is 274 g/mol. The summed E-state index contributed by atoms with van der Waals surface area (Å²) in [4.78, 5) is 12.6. The second-order valence-corrected chi connectivity index (χ2v) is 7.46. The molecule has 1 aromatic carbocycles. The third kappa shape index (κ3) is 2.80. The molecule has 20 heavy (non-hydrogen) atoms. The molecule has 2 nitrogen and oxygen atoms in total. The van der Waals surface area contributed by atoms with Crippen molar-refractivity contribution in [3.8, 4) is 0 Å². The van der Waals surface area contributed by atoms with Crippen LogP contribution in [0.25, 0.3) is 0 Å². The van der Waals surface area contributed by atoms with Gasteiger partial charge in [-0.3, -0.25) is 4.79 Å². The van der Waals surface area contributed by atoms with E-state index in [-0.39, 0.29) is 11.2 Å². The fourth-order valence-corrected chi connectivity index (χ4v) is 3.20. The molecule has 1 N–H and O–H groups in total. The number of hydrogen-bond donors (Lipinski definition) is 1. The van der Waals surface area contributed by atoms with Crippen LogP contribution < -0.4 is 0 Å². The summed E-state index contributed by atoms with van der Waals surface area (Å²) < 4.78 is 0. The zero-order valence-corrected chi connectivity index (χ0v) is 13.0. The van der Waals surface area contributed by atoms with Gasteiger partial charge in [-0.1, -0.05) is 51.1 Å². The van der Waals surface area contributed by atoms with Crippen LogP contribution >= 0.6 is 0 Å². The first-order valence-corrected chi connectivity index (χ1v) is 7.51. The van der Waals surface area contributed by atoms with Gasteiger partial charge in [0.25, 0.3) is 0 Å². The fraction of sp³-hybridized carbons (Fsp3) is 0.611. The quantitative estimate of drug-likeness (QED) is 0.880. The maximum absolute atomic E-state index is 12.6. The van der Waals surface area contributed by atoms with Gasteiger partial charge in [0, 0.05) is 6.42 Å². The lowest BCUT2D eigenvalue weighted by molar-refractivity contribution is -0.142. The fourth-order valence-electron chi connectivity index (χ4n) is 3.20. The summed E-state index contributed by atoms with van der Waals surface area (Å²) in [5.41, 5.74) is 0.371. The van der Waals surface area contributed by atoms with E-state index in [1.54, 1.807) is 0 Å². The first-order valence-electron chi connectivity index (χ1n) is 7.51. The van der Waals surface area contributed by atoms with E-state index in [4.69, 9.17) is 0 Å². The molecule has 0 radical (unpaired) electrons. The summed E-state index contributed by atoms with van der Waals surface area (Å²) in [5.74, 6) is 0.631. The highest BCUT2D eigenvalue weighted by molar-refractivity contribution is 5.86. The van der Waals surface area contributed by atoms with Crippen molar-refractivity contribution in [3.05, 3.63) is 35.9 Å². The van der Waals surface area contributed by atoms with Gasteiger partial charge in [-0.15, -0.1) is 0 Å². The van der Waals surface area contributed by atoms with Gasteiger partial charge in [-0.05, 0) is 36.7 Å². The minimum Gasteiger partial charge on any atom is -0.387 e. The van der Waals surface area contributed by atoms with E-state index in [9.17, 15) is 9.90 Å². The zero-order valence-electron chi connectivity index (χ0n) is 13.0. The molecule has 0 aliphatic heterocycles. The first-order chi connectivity index (χ1) is 9.25. The van der Waals surface area contributed by atoms with Crippen LogP contribution in [-0.4, -0.2) is 10.9 Å². The van der Waals surface area contributed by atoms with Crippen LogP contribution in [0.5, 0.6) is 0 Å². The Kier molecular flexibility index (Phi) is 4.06. The summed E-state index contributed by atoms with van der Waals surface area (Å²) in [5, 5.41) is 10.6.